The zero-order valence-electron chi connectivity index (χ0n) is 20.7. The largest absolute Gasteiger partial charge is 0.465 e. The highest BCUT2D eigenvalue weighted by Crippen LogP contribution is 2.56. The normalized spacial score (nSPS) is 25.7. The molecule has 2 N–H and O–H groups in total. The smallest absolute Gasteiger partial charge is 0.408 e. The molecule has 2 aliphatic rings. The van der Waals surface area contributed by atoms with Crippen LogP contribution >= 0.6 is 0 Å². The van der Waals surface area contributed by atoms with Crippen molar-refractivity contribution in [3.05, 3.63) is 35.9 Å². The highest BCUT2D eigenvalue weighted by Gasteiger charge is 2.66. The van der Waals surface area contributed by atoms with Crippen LogP contribution in [0.15, 0.2) is 30.3 Å². The van der Waals surface area contributed by atoms with Crippen LogP contribution in [0.3, 0.4) is 0 Å². The van der Waals surface area contributed by atoms with Crippen molar-refractivity contribution in [1.82, 2.24) is 15.1 Å². The maximum Gasteiger partial charge on any atom is 0.408 e. The number of ether oxygens (including phenoxy) is 1. The molecule has 1 aromatic rings. The average molecular weight is 460 g/mol. The molecule has 0 radical (unpaired) electrons. The molecule has 2 heterocycles. The second kappa shape index (κ2) is 8.54. The summed E-state index contributed by atoms with van der Waals surface area (Å²) in [5, 5.41) is 12.5. The number of amides is 3. The van der Waals surface area contributed by atoms with Crippen LogP contribution < -0.4 is 5.32 Å². The number of rotatable bonds is 4. The number of carbonyl (C=O) groups excluding carboxylic acids is 2. The molecule has 3 rings (SSSR count). The van der Waals surface area contributed by atoms with E-state index < -0.39 is 29.1 Å². The molecule has 3 amide bonds. The molecule has 182 valence electrons. The number of carboxylic acid groups (broad SMARTS) is 1. The van der Waals surface area contributed by atoms with Crippen molar-refractivity contribution in [2.24, 2.45) is 16.2 Å². The van der Waals surface area contributed by atoms with Gasteiger partial charge in [-0.25, -0.2) is 9.59 Å². The third kappa shape index (κ3) is 4.52. The first kappa shape index (κ1) is 24.9. The number of benzene rings is 1. The SMILES string of the molecule is CC(C)(C)[C@H](NC(=O)OCc1ccccc1)C(=O)N1C[C@H]2N(C(=O)O)C[C@@H]1[C@]2(C)C(C)(C)C. The molecule has 0 saturated carbocycles. The molecule has 2 saturated heterocycles. The van der Waals surface area contributed by atoms with Gasteiger partial charge in [-0.3, -0.25) is 4.79 Å². The maximum absolute atomic E-state index is 13.8. The van der Waals surface area contributed by atoms with Crippen molar-refractivity contribution in [3.8, 4) is 0 Å². The van der Waals surface area contributed by atoms with Gasteiger partial charge in [0.15, 0.2) is 0 Å². The molecule has 8 heteroatoms. The van der Waals surface area contributed by atoms with Crippen LogP contribution in [0.5, 0.6) is 0 Å². The van der Waals surface area contributed by atoms with E-state index >= 15 is 0 Å². The molecule has 33 heavy (non-hydrogen) atoms. The Morgan fingerprint density at radius 1 is 1.06 bits per heavy atom. The second-order valence-electron chi connectivity index (χ2n) is 11.5. The van der Waals surface area contributed by atoms with Gasteiger partial charge in [0, 0.05) is 18.5 Å². The van der Waals surface area contributed by atoms with E-state index in [-0.39, 0.29) is 36.6 Å². The van der Waals surface area contributed by atoms with E-state index in [1.807, 2.05) is 51.1 Å². The number of likely N-dealkylation sites (tertiary alicyclic amines) is 2. The number of nitrogens with zero attached hydrogens (tertiary/aromatic N) is 2. The first-order valence-corrected chi connectivity index (χ1v) is 11.4. The molecule has 2 fully saturated rings. The van der Waals surface area contributed by atoms with Crippen LogP contribution in [0.25, 0.3) is 0 Å². The summed E-state index contributed by atoms with van der Waals surface area (Å²) in [6, 6.07) is 7.98. The highest BCUT2D eigenvalue weighted by molar-refractivity contribution is 5.87. The Hall–Kier alpha value is -2.77. The van der Waals surface area contributed by atoms with Gasteiger partial charge in [0.05, 0.1) is 12.1 Å². The van der Waals surface area contributed by atoms with Gasteiger partial charge in [0.2, 0.25) is 5.91 Å². The van der Waals surface area contributed by atoms with Crippen LogP contribution in [0, 0.1) is 16.2 Å². The molecular formula is C25H37N3O5. The van der Waals surface area contributed by atoms with Crippen molar-refractivity contribution in [1.29, 1.82) is 0 Å². The number of fused-ring (bicyclic) bond motifs is 2. The van der Waals surface area contributed by atoms with Crippen LogP contribution in [0.1, 0.15) is 54.0 Å². The molecule has 0 spiro atoms. The van der Waals surface area contributed by atoms with Crippen molar-refractivity contribution < 1.29 is 24.2 Å². The fourth-order valence-corrected chi connectivity index (χ4v) is 5.22. The Morgan fingerprint density at radius 3 is 2.12 bits per heavy atom. The lowest BCUT2D eigenvalue weighted by atomic mass is 9.63. The van der Waals surface area contributed by atoms with Gasteiger partial charge >= 0.3 is 12.2 Å². The zero-order chi connectivity index (χ0) is 24.8. The minimum atomic E-state index is -0.958. The van der Waals surface area contributed by atoms with Crippen LogP contribution in [-0.4, -0.2) is 64.2 Å². The van der Waals surface area contributed by atoms with Crippen molar-refractivity contribution in [3.63, 3.8) is 0 Å². The number of alkyl carbamates (subject to hydrolysis) is 1. The van der Waals surface area contributed by atoms with E-state index in [9.17, 15) is 19.5 Å². The molecule has 2 aliphatic heterocycles. The van der Waals surface area contributed by atoms with Gasteiger partial charge in [0.1, 0.15) is 12.6 Å². The van der Waals surface area contributed by atoms with Gasteiger partial charge in [0.25, 0.3) is 0 Å². The topological polar surface area (TPSA) is 99.2 Å². The van der Waals surface area contributed by atoms with Gasteiger partial charge in [-0.15, -0.1) is 0 Å². The minimum Gasteiger partial charge on any atom is -0.465 e. The molecule has 0 aliphatic carbocycles. The summed E-state index contributed by atoms with van der Waals surface area (Å²) >= 11 is 0. The molecular weight excluding hydrogens is 422 g/mol. The number of nitrogens with one attached hydrogen (secondary N) is 1. The van der Waals surface area contributed by atoms with E-state index in [1.54, 1.807) is 4.90 Å². The zero-order valence-corrected chi connectivity index (χ0v) is 20.7. The summed E-state index contributed by atoms with van der Waals surface area (Å²) in [6.45, 7) is 14.7. The fraction of sp³-hybridized carbons (Fsp3) is 0.640. The van der Waals surface area contributed by atoms with Crippen LogP contribution in [0.4, 0.5) is 9.59 Å². The van der Waals surface area contributed by atoms with Crippen LogP contribution in [-0.2, 0) is 16.1 Å². The number of carbonyl (C=O) groups is 3. The standard InChI is InChI=1S/C25H37N3O5/c1-23(2,3)19(26-21(30)33-15-16-11-9-8-10-12-16)20(29)27-13-18-25(7,24(4,5)6)17(27)14-28(18)22(31)32/h8-12,17-19H,13-15H2,1-7H3,(H,26,30)(H,31,32)/t17-,18-,19-,25+/m1/s1. The number of hydrogen-bond acceptors (Lipinski definition) is 4. The molecule has 0 aromatic heterocycles. The third-order valence-corrected chi connectivity index (χ3v) is 7.61. The van der Waals surface area contributed by atoms with Gasteiger partial charge < -0.3 is 25.0 Å². The summed E-state index contributed by atoms with van der Waals surface area (Å²) in [5.74, 6) is -0.202. The molecule has 4 atom stereocenters. The molecule has 0 unspecified atom stereocenters. The predicted molar refractivity (Wildman–Crippen MR) is 125 cm³/mol. The monoisotopic (exact) mass is 459 g/mol. The second-order valence-corrected chi connectivity index (χ2v) is 11.5. The number of hydrogen-bond donors (Lipinski definition) is 2. The van der Waals surface area contributed by atoms with Crippen molar-refractivity contribution >= 4 is 18.1 Å². The van der Waals surface area contributed by atoms with Crippen LogP contribution in [0.2, 0.25) is 0 Å². The summed E-state index contributed by atoms with van der Waals surface area (Å²) < 4.78 is 5.37. The van der Waals surface area contributed by atoms with Gasteiger partial charge in [-0.1, -0.05) is 78.8 Å². The Kier molecular flexibility index (Phi) is 6.43. The average Bonchev–Trinajstić information content (AvgIpc) is 3.19. The quantitative estimate of drug-likeness (QED) is 0.710. The summed E-state index contributed by atoms with van der Waals surface area (Å²) in [5.41, 5.74) is -0.328. The van der Waals surface area contributed by atoms with E-state index in [2.05, 4.69) is 33.0 Å². The lowest BCUT2D eigenvalue weighted by Crippen LogP contribution is -2.59. The predicted octanol–water partition coefficient (Wildman–Crippen LogP) is 3.95. The van der Waals surface area contributed by atoms with Gasteiger partial charge in [-0.05, 0) is 16.4 Å². The molecule has 8 nitrogen and oxygen atoms in total. The molecule has 2 bridgehead atoms. The van der Waals surface area contributed by atoms with Crippen molar-refractivity contribution in [2.45, 2.75) is 73.2 Å². The van der Waals surface area contributed by atoms with E-state index in [0.717, 1.165) is 5.56 Å². The molecule has 1 aromatic carbocycles. The Bertz CT molecular complexity index is 905. The number of piperazine rings is 1. The van der Waals surface area contributed by atoms with Gasteiger partial charge in [-0.2, -0.15) is 0 Å². The van der Waals surface area contributed by atoms with E-state index in [1.165, 1.54) is 4.90 Å². The van der Waals surface area contributed by atoms with E-state index in [4.69, 9.17) is 4.74 Å². The lowest BCUT2D eigenvalue weighted by Gasteiger charge is -2.43. The lowest BCUT2D eigenvalue weighted by molar-refractivity contribution is -0.139. The first-order valence-electron chi connectivity index (χ1n) is 11.4. The summed E-state index contributed by atoms with van der Waals surface area (Å²) in [4.78, 5) is 41.5. The van der Waals surface area contributed by atoms with E-state index in [0.29, 0.717) is 6.54 Å². The highest BCUT2D eigenvalue weighted by atomic mass is 16.5. The first-order chi connectivity index (χ1) is 15.2. The Balaban J connectivity index is 1.79. The summed E-state index contributed by atoms with van der Waals surface area (Å²) in [7, 11) is 0. The third-order valence-electron chi connectivity index (χ3n) is 7.61. The van der Waals surface area contributed by atoms with Crippen molar-refractivity contribution in [2.75, 3.05) is 13.1 Å². The summed E-state index contributed by atoms with van der Waals surface area (Å²) in [6.07, 6.45) is -1.61. The fourth-order valence-electron chi connectivity index (χ4n) is 5.22. The minimum absolute atomic E-state index is 0.113. The maximum atomic E-state index is 13.8. The Labute approximate surface area is 196 Å². The Morgan fingerprint density at radius 2 is 1.61 bits per heavy atom.